The summed E-state index contributed by atoms with van der Waals surface area (Å²) >= 11 is 0. The van der Waals surface area contributed by atoms with E-state index in [2.05, 4.69) is 16.8 Å². The Morgan fingerprint density at radius 1 is 1.33 bits per heavy atom. The van der Waals surface area contributed by atoms with Gasteiger partial charge in [0.05, 0.1) is 12.1 Å². The molecule has 0 bridgehead atoms. The van der Waals surface area contributed by atoms with Gasteiger partial charge in [0.2, 0.25) is 0 Å². The van der Waals surface area contributed by atoms with Gasteiger partial charge in [-0.05, 0) is 38.1 Å². The first kappa shape index (κ1) is 12.6. The van der Waals surface area contributed by atoms with Gasteiger partial charge in [-0.3, -0.25) is 4.98 Å². The van der Waals surface area contributed by atoms with Crippen LogP contribution in [0.2, 0.25) is 0 Å². The van der Waals surface area contributed by atoms with Crippen molar-refractivity contribution in [1.82, 2.24) is 4.98 Å². The molecular weight excluding hydrogens is 226 g/mol. The minimum absolute atomic E-state index is 0.138. The fraction of sp³-hybridized carbons (Fsp3) is 0.357. The molecule has 1 aromatic heterocycles. The van der Waals surface area contributed by atoms with Crippen LogP contribution in [0, 0.1) is 6.92 Å². The van der Waals surface area contributed by atoms with Gasteiger partial charge in [-0.25, -0.2) is 0 Å². The van der Waals surface area contributed by atoms with Crippen LogP contribution in [0.5, 0.6) is 0 Å². The number of nitrogens with zero attached hydrogens (tertiary/aromatic N) is 2. The number of aliphatic hydroxyl groups is 1. The lowest BCUT2D eigenvalue weighted by molar-refractivity contribution is 0.302. The molecule has 1 heterocycles. The van der Waals surface area contributed by atoms with Crippen molar-refractivity contribution in [2.75, 3.05) is 30.3 Å². The summed E-state index contributed by atoms with van der Waals surface area (Å²) < 4.78 is 0. The molecule has 0 amide bonds. The Bertz CT molecular complexity index is 554. The van der Waals surface area contributed by atoms with Gasteiger partial charge in [0, 0.05) is 35.5 Å². The van der Waals surface area contributed by atoms with Gasteiger partial charge in [-0.15, -0.1) is 0 Å². The highest BCUT2D eigenvalue weighted by Gasteiger charge is 2.10. The summed E-state index contributed by atoms with van der Waals surface area (Å²) in [4.78, 5) is 6.64. The van der Waals surface area contributed by atoms with Crippen molar-refractivity contribution >= 4 is 22.3 Å². The average Bonchev–Trinajstić information content (AvgIpc) is 2.36. The van der Waals surface area contributed by atoms with Gasteiger partial charge >= 0.3 is 0 Å². The number of hydrogen-bond acceptors (Lipinski definition) is 4. The van der Waals surface area contributed by atoms with E-state index in [1.165, 1.54) is 0 Å². The molecule has 0 saturated carbocycles. The van der Waals surface area contributed by atoms with E-state index >= 15 is 0 Å². The predicted octanol–water partition coefficient (Wildman–Crippen LogP) is 1.94. The Morgan fingerprint density at radius 2 is 2.11 bits per heavy atom. The van der Waals surface area contributed by atoms with Crippen LogP contribution in [-0.2, 0) is 0 Å². The maximum Gasteiger partial charge on any atom is 0.0727 e. The Kier molecular flexibility index (Phi) is 3.67. The van der Waals surface area contributed by atoms with Gasteiger partial charge in [0.25, 0.3) is 0 Å². The molecule has 0 aliphatic heterocycles. The molecular formula is C14H19N3O. The lowest BCUT2D eigenvalue weighted by Crippen LogP contribution is -2.26. The summed E-state index contributed by atoms with van der Waals surface area (Å²) in [7, 11) is 0. The number of hydrogen-bond donors (Lipinski definition) is 2. The van der Waals surface area contributed by atoms with E-state index in [1.807, 2.05) is 31.2 Å². The summed E-state index contributed by atoms with van der Waals surface area (Å²) in [6.07, 6.45) is 0. The quantitative estimate of drug-likeness (QED) is 0.808. The highest BCUT2D eigenvalue weighted by molar-refractivity contribution is 5.94. The smallest absolute Gasteiger partial charge is 0.0727 e. The lowest BCUT2D eigenvalue weighted by atomic mass is 10.1. The molecule has 0 aliphatic rings. The number of nitrogen functional groups attached to an aromatic ring is 1. The molecule has 0 aliphatic carbocycles. The molecule has 0 spiro atoms. The van der Waals surface area contributed by atoms with Crippen molar-refractivity contribution < 1.29 is 5.11 Å². The van der Waals surface area contributed by atoms with Crippen LogP contribution in [0.3, 0.4) is 0 Å². The third-order valence-corrected chi connectivity index (χ3v) is 3.03. The van der Waals surface area contributed by atoms with Crippen molar-refractivity contribution in [1.29, 1.82) is 0 Å². The fourth-order valence-electron chi connectivity index (χ4n) is 2.19. The zero-order valence-corrected chi connectivity index (χ0v) is 10.8. The number of fused-ring (bicyclic) bond motifs is 1. The monoisotopic (exact) mass is 245 g/mol. The molecule has 0 saturated heterocycles. The summed E-state index contributed by atoms with van der Waals surface area (Å²) in [6, 6.07) is 7.78. The van der Waals surface area contributed by atoms with Crippen LogP contribution in [0.1, 0.15) is 12.6 Å². The molecule has 2 rings (SSSR count). The maximum atomic E-state index is 9.14. The van der Waals surface area contributed by atoms with Crippen molar-refractivity contribution in [2.24, 2.45) is 0 Å². The van der Waals surface area contributed by atoms with Crippen molar-refractivity contribution in [2.45, 2.75) is 13.8 Å². The van der Waals surface area contributed by atoms with E-state index in [4.69, 9.17) is 10.8 Å². The molecule has 0 radical (unpaired) electrons. The molecule has 0 atom stereocenters. The van der Waals surface area contributed by atoms with Crippen LogP contribution < -0.4 is 10.6 Å². The fourth-order valence-corrected chi connectivity index (χ4v) is 2.19. The number of aryl methyl sites for hydroxylation is 1. The molecule has 2 aromatic rings. The minimum Gasteiger partial charge on any atom is -0.399 e. The molecule has 4 heteroatoms. The number of pyridine rings is 1. The molecule has 0 fully saturated rings. The minimum atomic E-state index is 0.138. The summed E-state index contributed by atoms with van der Waals surface area (Å²) in [6.45, 7) is 5.65. The van der Waals surface area contributed by atoms with E-state index in [1.54, 1.807) is 0 Å². The molecule has 0 unspecified atom stereocenters. The van der Waals surface area contributed by atoms with Gasteiger partial charge in [0.1, 0.15) is 0 Å². The first-order chi connectivity index (χ1) is 8.65. The molecule has 3 N–H and O–H groups in total. The first-order valence-corrected chi connectivity index (χ1v) is 6.18. The van der Waals surface area contributed by atoms with Crippen molar-refractivity contribution in [3.8, 4) is 0 Å². The lowest BCUT2D eigenvalue weighted by Gasteiger charge is -2.24. The zero-order chi connectivity index (χ0) is 13.1. The largest absolute Gasteiger partial charge is 0.399 e. The van der Waals surface area contributed by atoms with E-state index in [0.717, 1.165) is 34.5 Å². The first-order valence-electron chi connectivity index (χ1n) is 6.18. The van der Waals surface area contributed by atoms with Gasteiger partial charge < -0.3 is 15.7 Å². The van der Waals surface area contributed by atoms with Crippen LogP contribution in [0.25, 0.3) is 10.9 Å². The summed E-state index contributed by atoms with van der Waals surface area (Å²) in [5.41, 5.74) is 9.58. The van der Waals surface area contributed by atoms with Crippen LogP contribution in [0.4, 0.5) is 11.4 Å². The number of benzene rings is 1. The third-order valence-electron chi connectivity index (χ3n) is 3.03. The molecule has 18 heavy (non-hydrogen) atoms. The number of aliphatic hydroxyl groups excluding tert-OH is 1. The molecule has 4 nitrogen and oxygen atoms in total. The standard InChI is InChI=1S/C14H19N3O/c1-3-17(6-7-18)14-8-10(2)16-13-5-4-11(15)9-12(13)14/h4-5,8-9,18H,3,6-7,15H2,1-2H3. The average molecular weight is 245 g/mol. The number of likely N-dealkylation sites (N-methyl/N-ethyl adjacent to an activating group) is 1. The second-order valence-electron chi connectivity index (χ2n) is 4.36. The summed E-state index contributed by atoms with van der Waals surface area (Å²) in [5, 5.41) is 10.2. The Hall–Kier alpha value is -1.81. The SMILES string of the molecule is CCN(CCO)c1cc(C)nc2ccc(N)cc12. The molecule has 96 valence electrons. The van der Waals surface area contributed by atoms with E-state index < -0.39 is 0 Å². The second kappa shape index (κ2) is 5.23. The topological polar surface area (TPSA) is 62.4 Å². The molecule has 1 aromatic carbocycles. The Balaban J connectivity index is 2.63. The maximum absolute atomic E-state index is 9.14. The Labute approximate surface area is 107 Å². The third kappa shape index (κ3) is 2.38. The zero-order valence-electron chi connectivity index (χ0n) is 10.8. The summed E-state index contributed by atoms with van der Waals surface area (Å²) in [5.74, 6) is 0. The van der Waals surface area contributed by atoms with Crippen LogP contribution in [0.15, 0.2) is 24.3 Å². The highest BCUT2D eigenvalue weighted by atomic mass is 16.3. The normalized spacial score (nSPS) is 10.8. The van der Waals surface area contributed by atoms with Crippen molar-refractivity contribution in [3.63, 3.8) is 0 Å². The van der Waals surface area contributed by atoms with Crippen LogP contribution >= 0.6 is 0 Å². The predicted molar refractivity (Wildman–Crippen MR) is 75.9 cm³/mol. The number of anilines is 2. The van der Waals surface area contributed by atoms with E-state index in [0.29, 0.717) is 6.54 Å². The second-order valence-corrected chi connectivity index (χ2v) is 4.36. The number of aromatic nitrogens is 1. The van der Waals surface area contributed by atoms with Crippen molar-refractivity contribution in [3.05, 3.63) is 30.0 Å². The highest BCUT2D eigenvalue weighted by Crippen LogP contribution is 2.28. The van der Waals surface area contributed by atoms with Crippen LogP contribution in [-0.4, -0.2) is 29.8 Å². The van der Waals surface area contributed by atoms with E-state index in [-0.39, 0.29) is 6.61 Å². The van der Waals surface area contributed by atoms with E-state index in [9.17, 15) is 0 Å². The Morgan fingerprint density at radius 3 is 2.78 bits per heavy atom. The number of nitrogens with two attached hydrogens (primary N) is 1. The van der Waals surface area contributed by atoms with Gasteiger partial charge in [-0.1, -0.05) is 0 Å². The number of rotatable bonds is 4. The van der Waals surface area contributed by atoms with Gasteiger partial charge in [-0.2, -0.15) is 0 Å². The van der Waals surface area contributed by atoms with Gasteiger partial charge in [0.15, 0.2) is 0 Å².